The molecule has 0 atom stereocenters. The second-order valence-corrected chi connectivity index (χ2v) is 4.27. The number of hydrogen-bond acceptors (Lipinski definition) is 4. The Balaban J connectivity index is 2.29. The van der Waals surface area contributed by atoms with Crippen LogP contribution in [0.2, 0.25) is 5.02 Å². The maximum atomic E-state index is 12.1. The van der Waals surface area contributed by atoms with Crippen molar-refractivity contribution in [2.45, 2.75) is 0 Å². The predicted octanol–water partition coefficient (Wildman–Crippen LogP) is 3.00. The Bertz CT molecular complexity index is 617. The lowest BCUT2D eigenvalue weighted by molar-refractivity contribution is 0.102. The Kier molecular flexibility index (Phi) is 4.42. The molecular weight excluding hydrogens is 280 g/mol. The fourth-order valence-electron chi connectivity index (χ4n) is 1.67. The zero-order valence-corrected chi connectivity index (χ0v) is 11.8. The van der Waals surface area contributed by atoms with E-state index < -0.39 is 0 Å². The van der Waals surface area contributed by atoms with Crippen LogP contribution in [0.15, 0.2) is 36.5 Å². The lowest BCUT2D eigenvalue weighted by atomic mass is 10.2. The number of nitrogens with zero attached hydrogens (tertiary/aromatic N) is 1. The van der Waals surface area contributed by atoms with Crippen LogP contribution < -0.4 is 14.8 Å². The maximum absolute atomic E-state index is 12.1. The smallest absolute Gasteiger partial charge is 0.257 e. The van der Waals surface area contributed by atoms with Crippen molar-refractivity contribution in [1.82, 2.24) is 4.98 Å². The molecule has 0 unspecified atom stereocenters. The van der Waals surface area contributed by atoms with E-state index in [2.05, 4.69) is 10.3 Å². The quantitative estimate of drug-likeness (QED) is 0.941. The second kappa shape index (κ2) is 6.25. The van der Waals surface area contributed by atoms with E-state index in [-0.39, 0.29) is 5.91 Å². The third-order valence-corrected chi connectivity index (χ3v) is 2.88. The average molecular weight is 293 g/mol. The monoisotopic (exact) mass is 292 g/mol. The number of carbonyl (C=O) groups is 1. The van der Waals surface area contributed by atoms with Crippen LogP contribution in [0.1, 0.15) is 10.4 Å². The van der Waals surface area contributed by atoms with Crippen LogP contribution in [0, 0.1) is 0 Å². The Hall–Kier alpha value is -2.27. The number of rotatable bonds is 4. The van der Waals surface area contributed by atoms with Gasteiger partial charge in [-0.2, -0.15) is 0 Å². The standard InChI is InChI=1S/C14H13ClN2O3/c1-19-11-8-9(7-10(15)13(11)20-2)14(18)17-12-5-3-4-6-16-12/h3-8H,1-2H3,(H,16,17,18). The van der Waals surface area contributed by atoms with Gasteiger partial charge in [0, 0.05) is 11.8 Å². The van der Waals surface area contributed by atoms with Crippen molar-refractivity contribution < 1.29 is 14.3 Å². The van der Waals surface area contributed by atoms with Crippen molar-refractivity contribution in [1.29, 1.82) is 0 Å². The maximum Gasteiger partial charge on any atom is 0.257 e. The largest absolute Gasteiger partial charge is 0.493 e. The summed E-state index contributed by atoms with van der Waals surface area (Å²) in [7, 11) is 2.96. The Labute approximate surface area is 121 Å². The molecule has 1 aromatic carbocycles. The van der Waals surface area contributed by atoms with Crippen molar-refractivity contribution in [3.05, 3.63) is 47.1 Å². The number of halogens is 1. The summed E-state index contributed by atoms with van der Waals surface area (Å²) in [6.45, 7) is 0. The molecular formula is C14H13ClN2O3. The van der Waals surface area contributed by atoms with Gasteiger partial charge in [0.1, 0.15) is 5.82 Å². The molecule has 0 fully saturated rings. The average Bonchev–Trinajstić information content (AvgIpc) is 2.47. The fourth-order valence-corrected chi connectivity index (χ4v) is 1.96. The lowest BCUT2D eigenvalue weighted by Gasteiger charge is -2.11. The van der Waals surface area contributed by atoms with Crippen molar-refractivity contribution in [3.63, 3.8) is 0 Å². The summed E-state index contributed by atoms with van der Waals surface area (Å²) >= 11 is 6.06. The van der Waals surface area contributed by atoms with E-state index in [0.717, 1.165) is 0 Å². The number of pyridine rings is 1. The van der Waals surface area contributed by atoms with Gasteiger partial charge >= 0.3 is 0 Å². The lowest BCUT2D eigenvalue weighted by Crippen LogP contribution is -2.13. The van der Waals surface area contributed by atoms with E-state index in [9.17, 15) is 4.79 Å². The van der Waals surface area contributed by atoms with E-state index in [1.165, 1.54) is 20.3 Å². The zero-order chi connectivity index (χ0) is 14.5. The van der Waals surface area contributed by atoms with Gasteiger partial charge in [0.2, 0.25) is 0 Å². The Morgan fingerprint density at radius 3 is 2.65 bits per heavy atom. The fraction of sp³-hybridized carbons (Fsp3) is 0.143. The number of benzene rings is 1. The first-order valence-corrected chi connectivity index (χ1v) is 6.17. The Morgan fingerprint density at radius 2 is 2.05 bits per heavy atom. The highest BCUT2D eigenvalue weighted by molar-refractivity contribution is 6.32. The van der Waals surface area contributed by atoms with Crippen LogP contribution in [0.3, 0.4) is 0 Å². The van der Waals surface area contributed by atoms with E-state index in [0.29, 0.717) is 27.9 Å². The van der Waals surface area contributed by atoms with Gasteiger partial charge in [0.25, 0.3) is 5.91 Å². The molecule has 0 saturated carbocycles. The number of ether oxygens (including phenoxy) is 2. The van der Waals surface area contributed by atoms with Gasteiger partial charge < -0.3 is 14.8 Å². The van der Waals surface area contributed by atoms with E-state index in [4.69, 9.17) is 21.1 Å². The third-order valence-electron chi connectivity index (χ3n) is 2.60. The summed E-state index contributed by atoms with van der Waals surface area (Å²) in [4.78, 5) is 16.2. The first-order chi connectivity index (χ1) is 9.65. The number of hydrogen-bond donors (Lipinski definition) is 1. The molecule has 0 aliphatic rings. The van der Waals surface area contributed by atoms with Gasteiger partial charge in [-0.25, -0.2) is 4.98 Å². The van der Waals surface area contributed by atoms with Crippen LogP contribution in [-0.2, 0) is 0 Å². The van der Waals surface area contributed by atoms with Gasteiger partial charge in [0.15, 0.2) is 11.5 Å². The minimum absolute atomic E-state index is 0.304. The molecule has 1 N–H and O–H groups in total. The van der Waals surface area contributed by atoms with Crippen LogP contribution in [0.4, 0.5) is 5.82 Å². The molecule has 0 spiro atoms. The summed E-state index contributed by atoms with van der Waals surface area (Å²) in [5.74, 6) is 0.921. The first-order valence-electron chi connectivity index (χ1n) is 5.79. The summed E-state index contributed by atoms with van der Waals surface area (Å²) in [6.07, 6.45) is 1.59. The topological polar surface area (TPSA) is 60.5 Å². The van der Waals surface area contributed by atoms with Gasteiger partial charge in [-0.05, 0) is 24.3 Å². The molecule has 104 valence electrons. The van der Waals surface area contributed by atoms with Crippen molar-refractivity contribution >= 4 is 23.3 Å². The number of methoxy groups -OCH3 is 2. The normalized spacial score (nSPS) is 9.95. The molecule has 0 aliphatic heterocycles. The van der Waals surface area contributed by atoms with Gasteiger partial charge in [-0.3, -0.25) is 4.79 Å². The highest BCUT2D eigenvalue weighted by atomic mass is 35.5. The molecule has 0 aliphatic carbocycles. The molecule has 1 heterocycles. The zero-order valence-electron chi connectivity index (χ0n) is 11.0. The first kappa shape index (κ1) is 14.1. The molecule has 1 amide bonds. The number of carbonyl (C=O) groups excluding carboxylic acids is 1. The van der Waals surface area contributed by atoms with Gasteiger partial charge in [-0.1, -0.05) is 17.7 Å². The summed E-state index contributed by atoms with van der Waals surface area (Å²) in [5, 5.41) is 2.97. The van der Waals surface area contributed by atoms with E-state index in [1.807, 2.05) is 0 Å². The van der Waals surface area contributed by atoms with Crippen LogP contribution in [0.5, 0.6) is 11.5 Å². The van der Waals surface area contributed by atoms with Crippen LogP contribution in [-0.4, -0.2) is 25.1 Å². The molecule has 2 rings (SSSR count). The van der Waals surface area contributed by atoms with Crippen molar-refractivity contribution in [2.75, 3.05) is 19.5 Å². The third kappa shape index (κ3) is 3.00. The van der Waals surface area contributed by atoms with Gasteiger partial charge in [0.05, 0.1) is 19.2 Å². The van der Waals surface area contributed by atoms with Crippen LogP contribution >= 0.6 is 11.6 Å². The predicted molar refractivity (Wildman–Crippen MR) is 76.7 cm³/mol. The van der Waals surface area contributed by atoms with E-state index >= 15 is 0 Å². The number of aromatic nitrogens is 1. The molecule has 1 aromatic heterocycles. The summed E-state index contributed by atoms with van der Waals surface area (Å²) in [6, 6.07) is 8.32. The highest BCUT2D eigenvalue weighted by Crippen LogP contribution is 2.36. The summed E-state index contributed by atoms with van der Waals surface area (Å²) < 4.78 is 10.3. The van der Waals surface area contributed by atoms with Crippen molar-refractivity contribution in [2.24, 2.45) is 0 Å². The molecule has 0 radical (unpaired) electrons. The second-order valence-electron chi connectivity index (χ2n) is 3.86. The molecule has 6 heteroatoms. The minimum Gasteiger partial charge on any atom is -0.493 e. The Morgan fingerprint density at radius 1 is 1.25 bits per heavy atom. The number of nitrogens with one attached hydrogen (secondary N) is 1. The van der Waals surface area contributed by atoms with Crippen LogP contribution in [0.25, 0.3) is 0 Å². The SMILES string of the molecule is COc1cc(C(=O)Nc2ccccn2)cc(Cl)c1OC. The molecule has 5 nitrogen and oxygen atoms in total. The van der Waals surface area contributed by atoms with Gasteiger partial charge in [-0.15, -0.1) is 0 Å². The highest BCUT2D eigenvalue weighted by Gasteiger charge is 2.15. The van der Waals surface area contributed by atoms with Crippen molar-refractivity contribution in [3.8, 4) is 11.5 Å². The molecule has 2 aromatic rings. The van der Waals surface area contributed by atoms with E-state index in [1.54, 1.807) is 30.5 Å². The minimum atomic E-state index is -0.327. The molecule has 20 heavy (non-hydrogen) atoms. The number of amides is 1. The summed E-state index contributed by atoms with van der Waals surface area (Å²) in [5.41, 5.74) is 0.360. The molecule has 0 bridgehead atoms. The number of anilines is 1. The molecule has 0 saturated heterocycles.